The summed E-state index contributed by atoms with van der Waals surface area (Å²) in [4.78, 5) is 27.2. The van der Waals surface area contributed by atoms with E-state index in [2.05, 4.69) is 15.5 Å². The highest BCUT2D eigenvalue weighted by molar-refractivity contribution is 6.30. The molecule has 6 rings (SSSR count). The number of hydrogen-bond donors (Lipinski definition) is 1. The minimum absolute atomic E-state index is 0.186. The Hall–Kier alpha value is -4.55. The van der Waals surface area contributed by atoms with Gasteiger partial charge in [-0.25, -0.2) is 0 Å². The van der Waals surface area contributed by atoms with Gasteiger partial charge in [0, 0.05) is 27.0 Å². The number of aromatic nitrogens is 2. The van der Waals surface area contributed by atoms with Crippen LogP contribution in [0.4, 0.5) is 11.5 Å². The molecular formula is C30H21ClN4O2. The third-order valence-corrected chi connectivity index (χ3v) is 6.84. The number of nitrogens with zero attached hydrogens (tertiary/aromatic N) is 3. The van der Waals surface area contributed by atoms with Crippen LogP contribution in [0, 0.1) is 6.92 Å². The summed E-state index contributed by atoms with van der Waals surface area (Å²) in [7, 11) is 0. The van der Waals surface area contributed by atoms with Crippen LogP contribution in [-0.2, 0) is 6.54 Å². The number of benzene rings is 4. The summed E-state index contributed by atoms with van der Waals surface area (Å²) in [5.41, 5.74) is 5.14. The van der Waals surface area contributed by atoms with E-state index >= 15 is 0 Å². The van der Waals surface area contributed by atoms with Crippen LogP contribution in [0.5, 0.6) is 0 Å². The molecule has 0 fully saturated rings. The van der Waals surface area contributed by atoms with Crippen molar-refractivity contribution in [1.29, 1.82) is 0 Å². The van der Waals surface area contributed by atoms with E-state index in [1.165, 1.54) is 4.90 Å². The van der Waals surface area contributed by atoms with Crippen molar-refractivity contribution in [2.24, 2.45) is 0 Å². The van der Waals surface area contributed by atoms with Crippen LogP contribution in [0.2, 0.25) is 5.02 Å². The van der Waals surface area contributed by atoms with Crippen molar-refractivity contribution >= 4 is 45.7 Å². The molecule has 0 atom stereocenters. The predicted octanol–water partition coefficient (Wildman–Crippen LogP) is 6.80. The molecule has 0 aliphatic carbocycles. The average Bonchev–Trinajstić information content (AvgIpc) is 3.15. The number of carbonyl (C=O) groups is 2. The molecule has 7 heteroatoms. The van der Waals surface area contributed by atoms with Crippen molar-refractivity contribution in [2.45, 2.75) is 13.5 Å². The lowest BCUT2D eigenvalue weighted by Crippen LogP contribution is -2.29. The van der Waals surface area contributed by atoms with Gasteiger partial charge in [0.2, 0.25) is 0 Å². The lowest BCUT2D eigenvalue weighted by atomic mass is 9.99. The van der Waals surface area contributed by atoms with Gasteiger partial charge in [0.25, 0.3) is 11.8 Å². The van der Waals surface area contributed by atoms with Crippen LogP contribution in [0.1, 0.15) is 31.8 Å². The van der Waals surface area contributed by atoms with Crippen molar-refractivity contribution in [1.82, 2.24) is 15.1 Å². The van der Waals surface area contributed by atoms with Crippen molar-refractivity contribution < 1.29 is 9.59 Å². The highest BCUT2D eigenvalue weighted by Gasteiger charge is 2.35. The first-order valence-corrected chi connectivity index (χ1v) is 12.2. The highest BCUT2D eigenvalue weighted by atomic mass is 35.5. The van der Waals surface area contributed by atoms with Gasteiger partial charge in [-0.15, -0.1) is 10.2 Å². The fraction of sp³-hybridized carbons (Fsp3) is 0.0667. The van der Waals surface area contributed by atoms with Gasteiger partial charge in [-0.2, -0.15) is 0 Å². The van der Waals surface area contributed by atoms with E-state index in [9.17, 15) is 9.59 Å². The largest absolute Gasteiger partial charge is 0.338 e. The molecule has 1 aliphatic heterocycles. The Morgan fingerprint density at radius 2 is 1.49 bits per heavy atom. The van der Waals surface area contributed by atoms with Crippen molar-refractivity contribution in [3.05, 3.63) is 118 Å². The molecule has 0 saturated heterocycles. The molecule has 4 aromatic carbocycles. The molecular weight excluding hydrogens is 484 g/mol. The van der Waals surface area contributed by atoms with Gasteiger partial charge in [-0.3, -0.25) is 14.5 Å². The minimum atomic E-state index is -0.271. The Bertz CT molecular complexity index is 1680. The second kappa shape index (κ2) is 9.15. The summed E-state index contributed by atoms with van der Waals surface area (Å²) in [6.45, 7) is 2.16. The molecule has 5 aromatic rings. The molecule has 0 bridgehead atoms. The number of amides is 2. The molecule has 180 valence electrons. The number of rotatable bonds is 5. The van der Waals surface area contributed by atoms with Crippen molar-refractivity contribution in [2.75, 3.05) is 5.32 Å². The fourth-order valence-electron chi connectivity index (χ4n) is 4.65. The first-order chi connectivity index (χ1) is 18.0. The number of carbonyl (C=O) groups excluding carboxylic acids is 2. The monoisotopic (exact) mass is 504 g/mol. The molecule has 0 saturated carbocycles. The van der Waals surface area contributed by atoms with Gasteiger partial charge in [-0.1, -0.05) is 66.2 Å². The first-order valence-electron chi connectivity index (χ1n) is 11.8. The molecule has 2 amide bonds. The number of anilines is 2. The maximum atomic E-state index is 12.9. The molecule has 1 aromatic heterocycles. The van der Waals surface area contributed by atoms with Gasteiger partial charge in [0.1, 0.15) is 5.69 Å². The Kier molecular flexibility index (Phi) is 5.66. The molecule has 1 N–H and O–H groups in total. The van der Waals surface area contributed by atoms with E-state index in [4.69, 9.17) is 11.6 Å². The third-order valence-electron chi connectivity index (χ3n) is 6.60. The molecule has 1 aliphatic rings. The summed E-state index contributed by atoms with van der Waals surface area (Å²) in [5, 5.41) is 14.8. The molecule has 0 unspecified atom stereocenters. The van der Waals surface area contributed by atoms with Gasteiger partial charge >= 0.3 is 0 Å². The van der Waals surface area contributed by atoms with Crippen LogP contribution >= 0.6 is 11.6 Å². The van der Waals surface area contributed by atoms with Crippen LogP contribution in [0.25, 0.3) is 22.0 Å². The van der Waals surface area contributed by atoms with Gasteiger partial charge in [-0.05, 0) is 54.4 Å². The number of halogens is 1. The minimum Gasteiger partial charge on any atom is -0.338 e. The van der Waals surface area contributed by atoms with Crippen LogP contribution < -0.4 is 5.32 Å². The Morgan fingerprint density at radius 1 is 0.784 bits per heavy atom. The number of fused-ring (bicyclic) bond motifs is 2. The Balaban J connectivity index is 1.37. The van der Waals surface area contributed by atoms with Gasteiger partial charge < -0.3 is 5.32 Å². The summed E-state index contributed by atoms with van der Waals surface area (Å²) in [6, 6.07) is 28.2. The molecule has 2 heterocycles. The number of aryl methyl sites for hydroxylation is 1. The maximum absolute atomic E-state index is 12.9. The summed E-state index contributed by atoms with van der Waals surface area (Å²) < 4.78 is 0. The van der Waals surface area contributed by atoms with Crippen molar-refractivity contribution in [3.8, 4) is 11.3 Å². The van der Waals surface area contributed by atoms with E-state index in [1.807, 2.05) is 73.7 Å². The lowest BCUT2D eigenvalue weighted by molar-refractivity contribution is 0.0642. The zero-order valence-electron chi connectivity index (χ0n) is 19.9. The third kappa shape index (κ3) is 4.11. The maximum Gasteiger partial charge on any atom is 0.261 e. The number of imide groups is 1. The summed E-state index contributed by atoms with van der Waals surface area (Å²) >= 11 is 6.15. The van der Waals surface area contributed by atoms with E-state index in [0.29, 0.717) is 22.0 Å². The SMILES string of the molecule is Cc1ccc(-c2nnc(Nc3cccc(Cl)c3)c3ccccc23)cc1CN1C(=O)c2ccccc2C1=O. The molecule has 6 nitrogen and oxygen atoms in total. The Labute approximate surface area is 218 Å². The zero-order valence-corrected chi connectivity index (χ0v) is 20.7. The summed E-state index contributed by atoms with van der Waals surface area (Å²) in [5.74, 6) is 0.0825. The fourth-order valence-corrected chi connectivity index (χ4v) is 4.84. The quantitative estimate of drug-likeness (QED) is 0.266. The van der Waals surface area contributed by atoms with E-state index < -0.39 is 0 Å². The summed E-state index contributed by atoms with van der Waals surface area (Å²) in [6.07, 6.45) is 0. The van der Waals surface area contributed by atoms with E-state index in [1.54, 1.807) is 24.3 Å². The van der Waals surface area contributed by atoms with Gasteiger partial charge in [0.05, 0.1) is 17.7 Å². The standard InChI is InChI=1S/C30H21ClN4O2/c1-18-13-14-19(15-20(18)17-35-29(36)25-11-4-5-12-26(25)30(35)37)27-23-9-2-3-10-24(23)28(34-33-27)32-22-8-6-7-21(31)16-22/h2-16H,17H2,1H3,(H,32,34). The topological polar surface area (TPSA) is 75.2 Å². The first kappa shape index (κ1) is 22.9. The van der Waals surface area contributed by atoms with Crippen LogP contribution in [0.15, 0.2) is 91.0 Å². The van der Waals surface area contributed by atoms with E-state index in [-0.39, 0.29) is 18.4 Å². The number of nitrogens with one attached hydrogen (secondary N) is 1. The predicted molar refractivity (Wildman–Crippen MR) is 145 cm³/mol. The molecule has 0 radical (unpaired) electrons. The van der Waals surface area contributed by atoms with Crippen molar-refractivity contribution in [3.63, 3.8) is 0 Å². The second-order valence-electron chi connectivity index (χ2n) is 8.96. The normalized spacial score (nSPS) is 12.8. The Morgan fingerprint density at radius 3 is 2.22 bits per heavy atom. The van der Waals surface area contributed by atoms with Gasteiger partial charge in [0.15, 0.2) is 5.82 Å². The zero-order chi connectivity index (χ0) is 25.5. The van der Waals surface area contributed by atoms with Crippen LogP contribution in [0.3, 0.4) is 0 Å². The smallest absolute Gasteiger partial charge is 0.261 e. The number of hydrogen-bond acceptors (Lipinski definition) is 5. The second-order valence-corrected chi connectivity index (χ2v) is 9.40. The van der Waals surface area contributed by atoms with Crippen LogP contribution in [-0.4, -0.2) is 26.9 Å². The van der Waals surface area contributed by atoms with E-state index in [0.717, 1.165) is 38.8 Å². The average molecular weight is 505 g/mol. The molecule has 37 heavy (non-hydrogen) atoms. The highest BCUT2D eigenvalue weighted by Crippen LogP contribution is 2.33. The lowest BCUT2D eigenvalue weighted by Gasteiger charge is -2.17. The molecule has 0 spiro atoms.